The predicted octanol–water partition coefficient (Wildman–Crippen LogP) is -17.2. The Labute approximate surface area is 281 Å². The van der Waals surface area contributed by atoms with Crippen molar-refractivity contribution >= 4 is 146 Å². The number of carbonyl (C=O) groups is 8. The van der Waals surface area contributed by atoms with Crippen molar-refractivity contribution in [3.05, 3.63) is 0 Å². The van der Waals surface area contributed by atoms with Crippen molar-refractivity contribution in [1.82, 2.24) is 0 Å². The van der Waals surface area contributed by atoms with Gasteiger partial charge in [0.2, 0.25) is 0 Å². The molecule has 0 aromatic carbocycles. The van der Waals surface area contributed by atoms with Crippen molar-refractivity contribution in [1.29, 1.82) is 0 Å². The maximum absolute atomic E-state index is 9.10. The Kier molecular flexibility index (Phi) is 160. The summed E-state index contributed by atoms with van der Waals surface area (Å²) in [7, 11) is 0. The number of hydrogen-bond donors (Lipinski definition) is 2. The molecule has 0 spiro atoms. The third-order valence-corrected chi connectivity index (χ3v) is 0.683. The van der Waals surface area contributed by atoms with E-state index in [-0.39, 0.29) is 158 Å². The molecule has 26 heteroatoms. The largest absolute Gasteiger partial charge is 2.00 e. The minimum absolute atomic E-state index is 0. The zero-order valence-corrected chi connectivity index (χ0v) is 27.0. The second-order valence-corrected chi connectivity index (χ2v) is 2.34. The first-order valence-corrected chi connectivity index (χ1v) is 4.30. The van der Waals surface area contributed by atoms with Crippen LogP contribution in [0.3, 0.4) is 0 Å². The van der Waals surface area contributed by atoms with Crippen LogP contribution in [0.4, 0.5) is 0 Å². The summed E-state index contributed by atoms with van der Waals surface area (Å²) in [5.74, 6) is -16.8. The van der Waals surface area contributed by atoms with Crippen LogP contribution in [0.25, 0.3) is 0 Å². The molecule has 0 unspecified atom stereocenters. The van der Waals surface area contributed by atoms with Gasteiger partial charge in [-0.05, 0) is 0 Å². The second-order valence-electron chi connectivity index (χ2n) is 2.34. The van der Waals surface area contributed by atoms with Gasteiger partial charge in [0.1, 0.15) is 0 Å². The number of rotatable bonds is 0. The third-order valence-electron chi connectivity index (χ3n) is 0.683. The van der Waals surface area contributed by atoms with E-state index >= 15 is 0 Å². The van der Waals surface area contributed by atoms with Gasteiger partial charge >= 0.3 is 110 Å². The molecular formula is C8H14Ba2NbO23-4. The quantitative estimate of drug-likeness (QED) is 0.169. The van der Waals surface area contributed by atoms with Crippen molar-refractivity contribution in [2.24, 2.45) is 0 Å². The summed E-state index contributed by atoms with van der Waals surface area (Å²) in [6, 6.07) is 0. The van der Waals surface area contributed by atoms with Crippen LogP contribution in [0, 0.1) is 0 Å². The van der Waals surface area contributed by atoms with Gasteiger partial charge in [0.15, 0.2) is 0 Å². The van der Waals surface area contributed by atoms with E-state index in [0.29, 0.717) is 0 Å². The van der Waals surface area contributed by atoms with Gasteiger partial charge in [0, 0.05) is 22.4 Å². The fourth-order valence-corrected chi connectivity index (χ4v) is 0. The molecular weight excluding hydrogens is 832 g/mol. The van der Waals surface area contributed by atoms with Crippen LogP contribution < -0.4 is 30.6 Å². The molecule has 0 saturated heterocycles. The smallest absolute Gasteiger partial charge is 2.00 e. The van der Waals surface area contributed by atoms with Crippen molar-refractivity contribution < 1.29 is 140 Å². The first-order valence-electron chi connectivity index (χ1n) is 4.30. The van der Waals surface area contributed by atoms with Crippen LogP contribution in [0.2, 0.25) is 0 Å². The Morgan fingerprint density at radius 3 is 0.441 bits per heavy atom. The molecule has 14 N–H and O–H groups in total. The van der Waals surface area contributed by atoms with E-state index in [0.717, 1.165) is 0 Å². The van der Waals surface area contributed by atoms with Gasteiger partial charge < -0.3 is 108 Å². The summed E-state index contributed by atoms with van der Waals surface area (Å²) in [5, 5.41) is 68.3. The summed E-state index contributed by atoms with van der Waals surface area (Å²) in [6.07, 6.45) is 0. The molecule has 0 aromatic heterocycles. The zero-order valence-electron chi connectivity index (χ0n) is 15.9. The van der Waals surface area contributed by atoms with Gasteiger partial charge in [-0.1, -0.05) is 0 Å². The summed E-state index contributed by atoms with van der Waals surface area (Å²) < 4.78 is 0. The maximum Gasteiger partial charge on any atom is 2.00 e. The van der Waals surface area contributed by atoms with Crippen LogP contribution in [0.1, 0.15) is 0 Å². The Balaban J connectivity index is -0.0000000119. The summed E-state index contributed by atoms with van der Waals surface area (Å²) in [5.41, 5.74) is 0. The minimum atomic E-state index is -2.19. The van der Waals surface area contributed by atoms with Gasteiger partial charge in [-0.3, -0.25) is 0 Å². The Bertz CT molecular complexity index is 403. The molecule has 34 heavy (non-hydrogen) atoms. The van der Waals surface area contributed by atoms with Crippen molar-refractivity contribution in [3.63, 3.8) is 0 Å². The molecule has 0 atom stereocenters. The van der Waals surface area contributed by atoms with E-state index in [4.69, 9.17) is 79.2 Å². The monoisotopic (exact) mass is 847 g/mol. The number of carbonyl (C=O) groups excluding carboxylic acids is 6. The third kappa shape index (κ3) is 123. The molecule has 0 saturated carbocycles. The van der Waals surface area contributed by atoms with E-state index in [9.17, 15) is 0 Å². The van der Waals surface area contributed by atoms with E-state index in [1.807, 2.05) is 0 Å². The van der Waals surface area contributed by atoms with Gasteiger partial charge in [-0.15, -0.1) is 0 Å². The molecule has 1 radical (unpaired) electrons. The normalized spacial score (nSPS) is 5.18. The molecule has 0 aliphatic heterocycles. The van der Waals surface area contributed by atoms with E-state index in [2.05, 4.69) is 0 Å². The zero-order chi connectivity index (χ0) is 20.6. The number of carboxylic acid groups (broad SMARTS) is 8. The number of hydrogen-bond acceptors (Lipinski definition) is 14. The fourth-order valence-electron chi connectivity index (χ4n) is 0. The molecule has 0 aromatic rings. The fraction of sp³-hybridized carbons (Fsp3) is 0. The number of aliphatic carboxylic acids is 8. The molecule has 197 valence electrons. The molecule has 23 nitrogen and oxygen atoms in total. The summed E-state index contributed by atoms with van der Waals surface area (Å²) in [6.45, 7) is 0. The second kappa shape index (κ2) is 58.3. The molecule has 0 amide bonds. The average molecular weight is 846 g/mol. The van der Waals surface area contributed by atoms with E-state index in [1.54, 1.807) is 0 Å². The maximum atomic E-state index is 9.10. The SMILES string of the molecule is O.O.O.O.O.O.O=C(O)C(=O)O.O=C([O-])C(=O)[O-].O=C([O-])C(=O)[O-].O=C([O-])C(=O)[O-].[Ba+2].[Ba+2].[Nb].[O-2]. The van der Waals surface area contributed by atoms with Gasteiger partial charge in [0.25, 0.3) is 0 Å². The summed E-state index contributed by atoms with van der Waals surface area (Å²) in [4.78, 5) is 71.8. The van der Waals surface area contributed by atoms with Crippen LogP contribution in [-0.2, 0) is 66.2 Å². The molecule has 0 aliphatic rings. The van der Waals surface area contributed by atoms with Gasteiger partial charge in [-0.2, -0.15) is 0 Å². The van der Waals surface area contributed by atoms with Gasteiger partial charge in [0.05, 0.1) is 35.8 Å². The minimum Gasteiger partial charge on any atom is -2.00 e. The van der Waals surface area contributed by atoms with Gasteiger partial charge in [-0.25, -0.2) is 9.59 Å². The van der Waals surface area contributed by atoms with Crippen LogP contribution in [-0.4, -0.2) is 189 Å². The first-order chi connectivity index (χ1) is 10.6. The topological polar surface area (TPSA) is 533 Å². The van der Waals surface area contributed by atoms with Crippen molar-refractivity contribution in [2.45, 2.75) is 0 Å². The molecule has 0 rings (SSSR count). The molecule has 0 heterocycles. The molecule has 0 bridgehead atoms. The number of carboxylic acids is 8. The Morgan fingerprint density at radius 1 is 0.382 bits per heavy atom. The van der Waals surface area contributed by atoms with Crippen molar-refractivity contribution in [2.75, 3.05) is 0 Å². The standard InChI is InChI=1S/4C2H2O4.2Ba.Nb.6H2O.O/c4*3-1(4)2(5)6;;;;;;;;;;/h4*(H,3,4)(H,5,6);;;;6*1H2;/q;;;;2*+2;;;;;;;;-2/p-6. The Morgan fingerprint density at radius 2 is 0.441 bits per heavy atom. The van der Waals surface area contributed by atoms with Crippen LogP contribution in [0.15, 0.2) is 0 Å². The van der Waals surface area contributed by atoms with E-state index in [1.165, 1.54) is 0 Å². The van der Waals surface area contributed by atoms with E-state index < -0.39 is 47.8 Å². The predicted molar refractivity (Wildman–Crippen MR) is 79.2 cm³/mol. The molecule has 0 fully saturated rings. The summed E-state index contributed by atoms with van der Waals surface area (Å²) >= 11 is 0. The first kappa shape index (κ1) is 93.2. The van der Waals surface area contributed by atoms with Crippen LogP contribution in [0.5, 0.6) is 0 Å². The molecule has 0 aliphatic carbocycles. The van der Waals surface area contributed by atoms with Crippen molar-refractivity contribution in [3.8, 4) is 0 Å². The Hall–Kier alpha value is -0.637. The van der Waals surface area contributed by atoms with Crippen LogP contribution >= 0.6 is 0 Å². The average Bonchev–Trinajstić information content (AvgIpc) is 2.40.